The van der Waals surface area contributed by atoms with E-state index in [0.29, 0.717) is 39.6 Å². The molecule has 0 radical (unpaired) electrons. The monoisotopic (exact) mass is 572 g/mol. The highest BCUT2D eigenvalue weighted by Crippen LogP contribution is 2.34. The topological polar surface area (TPSA) is 99.6 Å². The Hall–Kier alpha value is -3.63. The summed E-state index contributed by atoms with van der Waals surface area (Å²) in [4.78, 5) is 28.9. The first-order valence-corrected chi connectivity index (χ1v) is 12.0. The number of nitrogens with zero attached hydrogens (tertiary/aromatic N) is 4. The van der Waals surface area contributed by atoms with Gasteiger partial charge in [-0.25, -0.2) is 9.37 Å². The number of ether oxygens (including phenoxy) is 1. The molecule has 0 spiro atoms. The van der Waals surface area contributed by atoms with Gasteiger partial charge in [0.25, 0.3) is 5.56 Å². The van der Waals surface area contributed by atoms with Crippen molar-refractivity contribution in [3.63, 3.8) is 0 Å². The second-order valence-electron chi connectivity index (χ2n) is 7.82. The normalized spacial score (nSPS) is 11.3. The van der Waals surface area contributed by atoms with Crippen LogP contribution in [0.3, 0.4) is 0 Å². The lowest BCUT2D eigenvalue weighted by atomic mass is 10.1. The van der Waals surface area contributed by atoms with Crippen molar-refractivity contribution in [3.8, 4) is 5.75 Å². The molecule has 4 aromatic rings. The van der Waals surface area contributed by atoms with Gasteiger partial charge >= 0.3 is 5.69 Å². The van der Waals surface area contributed by atoms with Crippen LogP contribution in [0.4, 0.5) is 10.1 Å². The van der Waals surface area contributed by atoms with Gasteiger partial charge in [-0.1, -0.05) is 46.6 Å². The molecule has 0 N–H and O–H groups in total. The highest BCUT2D eigenvalue weighted by molar-refractivity contribution is 9.10. The number of nitro benzene ring substituents is 1. The van der Waals surface area contributed by atoms with Gasteiger partial charge < -0.3 is 4.74 Å². The fourth-order valence-corrected chi connectivity index (χ4v) is 4.17. The maximum absolute atomic E-state index is 13.6. The molecule has 0 aliphatic rings. The molecular formula is C25H19BrClFN4O4. The molecule has 0 saturated heterocycles. The number of halogens is 3. The van der Waals surface area contributed by atoms with Crippen molar-refractivity contribution in [3.05, 3.63) is 107 Å². The Balaban J connectivity index is 1.81. The molecule has 8 nitrogen and oxygen atoms in total. The van der Waals surface area contributed by atoms with Crippen molar-refractivity contribution in [2.45, 2.75) is 26.4 Å². The number of rotatable bonds is 8. The summed E-state index contributed by atoms with van der Waals surface area (Å²) < 4.78 is 21.2. The van der Waals surface area contributed by atoms with Crippen molar-refractivity contribution in [2.75, 3.05) is 0 Å². The van der Waals surface area contributed by atoms with Gasteiger partial charge in [0.2, 0.25) is 5.75 Å². The first-order valence-electron chi connectivity index (χ1n) is 10.9. The Morgan fingerprint density at radius 3 is 2.78 bits per heavy atom. The van der Waals surface area contributed by atoms with Crippen LogP contribution in [-0.4, -0.2) is 20.8 Å². The van der Waals surface area contributed by atoms with Gasteiger partial charge in [0, 0.05) is 27.5 Å². The van der Waals surface area contributed by atoms with Crippen LogP contribution in [0.1, 0.15) is 30.3 Å². The largest absolute Gasteiger partial charge is 0.481 e. The smallest absolute Gasteiger partial charge is 0.313 e. The van der Waals surface area contributed by atoms with Crippen molar-refractivity contribution < 1.29 is 14.1 Å². The predicted octanol–water partition coefficient (Wildman–Crippen LogP) is 6.27. The van der Waals surface area contributed by atoms with E-state index >= 15 is 0 Å². The fourth-order valence-electron chi connectivity index (χ4n) is 3.59. The Bertz CT molecular complexity index is 1560. The number of hydrogen-bond donors (Lipinski definition) is 0. The number of fused-ring (bicyclic) bond motifs is 1. The first kappa shape index (κ1) is 25.5. The molecule has 0 unspecified atom stereocenters. The van der Waals surface area contributed by atoms with Crippen molar-refractivity contribution in [2.24, 2.45) is 5.10 Å². The average molecular weight is 574 g/mol. The molecule has 0 saturated carbocycles. The molecule has 1 aromatic heterocycles. The summed E-state index contributed by atoms with van der Waals surface area (Å²) in [5, 5.41) is 16.5. The third kappa shape index (κ3) is 5.60. The number of aryl methyl sites for hydroxylation is 1. The fraction of sp³-hybridized carbons (Fsp3) is 0.160. The minimum atomic E-state index is -0.631. The molecule has 0 fully saturated rings. The van der Waals surface area contributed by atoms with Gasteiger partial charge in [-0.3, -0.25) is 14.9 Å². The first-order chi connectivity index (χ1) is 17.3. The number of hydrogen-bond acceptors (Lipinski definition) is 6. The molecule has 1 heterocycles. The summed E-state index contributed by atoms with van der Waals surface area (Å²) in [7, 11) is 0. The Labute approximate surface area is 218 Å². The molecular weight excluding hydrogens is 555 g/mol. The Kier molecular flexibility index (Phi) is 7.76. The standard InChI is InChI=1S/C25H19BrClFN4O4/c1-2-4-23-30-21-8-7-17(26)11-20(21)25(33)31(23)29-13-16-10-18(27)12-22(32(34)35)24(16)36-14-15-5-3-6-19(28)9-15/h3,5-13H,2,4,14H2,1H3. The maximum atomic E-state index is 13.6. The van der Waals surface area contributed by atoms with E-state index in [-0.39, 0.29) is 34.2 Å². The number of nitro groups is 1. The predicted molar refractivity (Wildman–Crippen MR) is 140 cm³/mol. The number of benzene rings is 3. The maximum Gasteiger partial charge on any atom is 0.313 e. The molecule has 0 aliphatic carbocycles. The van der Waals surface area contributed by atoms with Gasteiger partial charge in [-0.05, 0) is 48.4 Å². The summed E-state index contributed by atoms with van der Waals surface area (Å²) in [6.07, 6.45) is 2.47. The Morgan fingerprint density at radius 2 is 2.06 bits per heavy atom. The third-order valence-corrected chi connectivity index (χ3v) is 5.90. The highest BCUT2D eigenvalue weighted by atomic mass is 79.9. The van der Waals surface area contributed by atoms with E-state index in [9.17, 15) is 19.3 Å². The van der Waals surface area contributed by atoms with Gasteiger partial charge in [0.05, 0.1) is 22.0 Å². The van der Waals surface area contributed by atoms with E-state index in [4.69, 9.17) is 16.3 Å². The van der Waals surface area contributed by atoms with Crippen molar-refractivity contribution in [1.82, 2.24) is 9.66 Å². The van der Waals surface area contributed by atoms with E-state index in [2.05, 4.69) is 26.0 Å². The highest BCUT2D eigenvalue weighted by Gasteiger charge is 2.21. The summed E-state index contributed by atoms with van der Waals surface area (Å²) in [6, 6.07) is 13.5. The minimum Gasteiger partial charge on any atom is -0.481 e. The zero-order chi connectivity index (χ0) is 25.8. The molecule has 0 bridgehead atoms. The molecule has 184 valence electrons. The molecule has 0 atom stereocenters. The van der Waals surface area contributed by atoms with Crippen molar-refractivity contribution >= 4 is 50.3 Å². The van der Waals surface area contributed by atoms with Gasteiger partial charge in [-0.2, -0.15) is 9.78 Å². The molecule has 0 amide bonds. The van der Waals surface area contributed by atoms with Crippen LogP contribution in [0.25, 0.3) is 10.9 Å². The van der Waals surface area contributed by atoms with E-state index in [0.717, 1.165) is 6.07 Å². The minimum absolute atomic E-state index is 0.0861. The van der Waals surface area contributed by atoms with Crippen LogP contribution in [0.5, 0.6) is 5.75 Å². The summed E-state index contributed by atoms with van der Waals surface area (Å²) in [6.45, 7) is 1.82. The summed E-state index contributed by atoms with van der Waals surface area (Å²) in [5.74, 6) is -0.131. The zero-order valence-electron chi connectivity index (χ0n) is 19.0. The molecule has 0 aliphatic heterocycles. The second kappa shape index (κ2) is 11.0. The quantitative estimate of drug-likeness (QED) is 0.140. The second-order valence-corrected chi connectivity index (χ2v) is 9.17. The van der Waals surface area contributed by atoms with Gasteiger partial charge in [0.15, 0.2) is 0 Å². The lowest BCUT2D eigenvalue weighted by Crippen LogP contribution is -2.22. The van der Waals surface area contributed by atoms with Crippen molar-refractivity contribution in [1.29, 1.82) is 0 Å². The van der Waals surface area contributed by atoms with E-state index in [1.54, 1.807) is 24.3 Å². The van der Waals surface area contributed by atoms with Crippen LogP contribution < -0.4 is 10.3 Å². The zero-order valence-corrected chi connectivity index (χ0v) is 21.3. The summed E-state index contributed by atoms with van der Waals surface area (Å²) in [5.41, 5.74) is 0.416. The summed E-state index contributed by atoms with van der Waals surface area (Å²) >= 11 is 9.50. The SMILES string of the molecule is CCCc1nc2ccc(Br)cc2c(=O)n1N=Cc1cc(Cl)cc([N+](=O)[O-])c1OCc1cccc(F)c1. The third-order valence-electron chi connectivity index (χ3n) is 5.19. The Morgan fingerprint density at radius 1 is 1.25 bits per heavy atom. The molecule has 4 rings (SSSR count). The van der Waals surface area contributed by atoms with Crippen LogP contribution in [0.2, 0.25) is 5.02 Å². The van der Waals surface area contributed by atoms with Crippen LogP contribution in [0.15, 0.2) is 69.0 Å². The number of aromatic nitrogens is 2. The van der Waals surface area contributed by atoms with E-state index in [1.165, 1.54) is 35.2 Å². The molecule has 11 heteroatoms. The lowest BCUT2D eigenvalue weighted by Gasteiger charge is -2.11. The van der Waals surface area contributed by atoms with Crippen LogP contribution >= 0.6 is 27.5 Å². The average Bonchev–Trinajstić information content (AvgIpc) is 2.83. The van der Waals surface area contributed by atoms with Crippen LogP contribution in [-0.2, 0) is 13.0 Å². The van der Waals surface area contributed by atoms with Gasteiger partial charge in [-0.15, -0.1) is 0 Å². The van der Waals surface area contributed by atoms with Crippen LogP contribution in [0, 0.1) is 15.9 Å². The van der Waals surface area contributed by atoms with E-state index < -0.39 is 10.7 Å². The molecule has 36 heavy (non-hydrogen) atoms. The molecule has 3 aromatic carbocycles. The lowest BCUT2D eigenvalue weighted by molar-refractivity contribution is -0.385. The van der Waals surface area contributed by atoms with E-state index in [1.807, 2.05) is 6.92 Å². The van der Waals surface area contributed by atoms with Gasteiger partial charge in [0.1, 0.15) is 18.2 Å².